The van der Waals surface area contributed by atoms with Gasteiger partial charge < -0.3 is 0 Å². The molecule has 0 heterocycles. The fourth-order valence-electron chi connectivity index (χ4n) is 1.06. The zero-order chi connectivity index (χ0) is 8.93. The van der Waals surface area contributed by atoms with Gasteiger partial charge >= 0.3 is 84.5 Å². The predicted molar refractivity (Wildman–Crippen MR) is 56.7 cm³/mol. The van der Waals surface area contributed by atoms with Crippen molar-refractivity contribution in [3.63, 3.8) is 0 Å². The van der Waals surface area contributed by atoms with Crippen molar-refractivity contribution in [2.45, 2.75) is 0 Å². The van der Waals surface area contributed by atoms with E-state index in [-0.39, 0.29) is 0 Å². The van der Waals surface area contributed by atoms with Gasteiger partial charge in [-0.3, -0.25) is 0 Å². The Balaban J connectivity index is 2.16. The molecule has 2 aromatic rings. The molecule has 1 radical (unpaired) electrons. The maximum atomic E-state index is 3.03. The summed E-state index contributed by atoms with van der Waals surface area (Å²) in [6.45, 7) is 0. The molecule has 13 heavy (non-hydrogen) atoms. The molecule has 0 unspecified atom stereocenters. The van der Waals surface area contributed by atoms with Gasteiger partial charge in [0.25, 0.3) is 0 Å². The predicted octanol–water partition coefficient (Wildman–Crippen LogP) is 1.14. The third-order valence-corrected chi connectivity index (χ3v) is 3.80. The van der Waals surface area contributed by atoms with Gasteiger partial charge in [-0.15, -0.1) is 0 Å². The molecule has 0 aliphatic heterocycles. The molecule has 0 nitrogen and oxygen atoms in total. The monoisotopic (exact) mass is 233 g/mol. The normalized spacial score (nSPS) is 9.85. The molecule has 0 saturated carbocycles. The number of rotatable bonds is 2. The molecule has 0 spiro atoms. The summed E-state index contributed by atoms with van der Waals surface area (Å²) in [6, 6.07) is 21.8. The number of hydrogen-bond donors (Lipinski definition) is 0. The van der Waals surface area contributed by atoms with Crippen molar-refractivity contribution in [3.8, 4) is 0 Å². The van der Waals surface area contributed by atoms with Gasteiger partial charge in [-0.25, -0.2) is 0 Å². The van der Waals surface area contributed by atoms with E-state index in [0.717, 1.165) is 0 Å². The molecule has 0 aliphatic carbocycles. The molecule has 0 N–H and O–H groups in total. The molecule has 0 bridgehead atoms. The van der Waals surface area contributed by atoms with Gasteiger partial charge in [0.2, 0.25) is 0 Å². The average Bonchev–Trinajstić information content (AvgIpc) is 2.21. The Bertz CT molecular complexity index is 316. The first-order chi connectivity index (χ1) is 6.45. The van der Waals surface area contributed by atoms with Gasteiger partial charge in [0.15, 0.2) is 0 Å². The molecule has 0 aliphatic rings. The van der Waals surface area contributed by atoms with E-state index in [9.17, 15) is 0 Å². The molecule has 0 aromatic heterocycles. The Morgan fingerprint density at radius 1 is 0.769 bits per heavy atom. The van der Waals surface area contributed by atoms with Crippen LogP contribution in [0.5, 0.6) is 0 Å². The fraction of sp³-hybridized carbons (Fsp3) is 0. The standard InChI is InChI=1S/C12H9Se/c1-3-7-11(8-4-1)13-12-9-5-2-6-10-12/h1,3-10H. The molecule has 2 aromatic carbocycles. The van der Waals surface area contributed by atoms with Gasteiger partial charge in [0.05, 0.1) is 0 Å². The van der Waals surface area contributed by atoms with E-state index in [1.165, 1.54) is 8.92 Å². The summed E-state index contributed by atoms with van der Waals surface area (Å²) < 4.78 is 2.82. The summed E-state index contributed by atoms with van der Waals surface area (Å²) in [5, 5.41) is 0. The van der Waals surface area contributed by atoms with E-state index in [0.29, 0.717) is 15.0 Å². The van der Waals surface area contributed by atoms with Crippen molar-refractivity contribution in [1.82, 2.24) is 0 Å². The molecule has 63 valence electrons. The van der Waals surface area contributed by atoms with E-state index in [1.807, 2.05) is 12.1 Å². The molecule has 0 saturated heterocycles. The molecule has 1 heteroatoms. The van der Waals surface area contributed by atoms with Crippen LogP contribution < -0.4 is 8.92 Å². The first-order valence-electron chi connectivity index (χ1n) is 4.14. The third-order valence-electron chi connectivity index (χ3n) is 1.67. The van der Waals surface area contributed by atoms with Crippen molar-refractivity contribution in [2.24, 2.45) is 0 Å². The van der Waals surface area contributed by atoms with Crippen LogP contribution in [0.2, 0.25) is 0 Å². The number of hydrogen-bond acceptors (Lipinski definition) is 0. The minimum atomic E-state index is 0.441. The van der Waals surface area contributed by atoms with Gasteiger partial charge in [-0.05, 0) is 0 Å². The van der Waals surface area contributed by atoms with E-state index in [1.54, 1.807) is 0 Å². The Labute approximate surface area is 84.8 Å². The van der Waals surface area contributed by atoms with Crippen molar-refractivity contribution in [3.05, 3.63) is 60.7 Å². The quantitative estimate of drug-likeness (QED) is 0.681. The van der Waals surface area contributed by atoms with Crippen LogP contribution in [0, 0.1) is 6.07 Å². The summed E-state index contributed by atoms with van der Waals surface area (Å²) in [4.78, 5) is 0. The Hall–Kier alpha value is -1.04. The molecule has 0 fully saturated rings. The van der Waals surface area contributed by atoms with E-state index in [2.05, 4.69) is 48.5 Å². The van der Waals surface area contributed by atoms with Crippen LogP contribution in [0.25, 0.3) is 0 Å². The van der Waals surface area contributed by atoms with Gasteiger partial charge in [0, 0.05) is 0 Å². The van der Waals surface area contributed by atoms with E-state index >= 15 is 0 Å². The van der Waals surface area contributed by atoms with Crippen LogP contribution in [-0.2, 0) is 0 Å². The van der Waals surface area contributed by atoms with Crippen molar-refractivity contribution in [2.75, 3.05) is 0 Å². The second-order valence-corrected chi connectivity index (χ2v) is 5.06. The Kier molecular flexibility index (Phi) is 2.81. The molecular formula is C12H9Se. The molecule has 2 rings (SSSR count). The van der Waals surface area contributed by atoms with Crippen molar-refractivity contribution >= 4 is 23.9 Å². The summed E-state index contributed by atoms with van der Waals surface area (Å²) in [5.74, 6) is 0. The third kappa shape index (κ3) is 2.45. The average molecular weight is 232 g/mol. The second-order valence-electron chi connectivity index (χ2n) is 2.65. The van der Waals surface area contributed by atoms with Crippen LogP contribution in [0.4, 0.5) is 0 Å². The summed E-state index contributed by atoms with van der Waals surface area (Å²) in [5.41, 5.74) is 0. The SMILES string of the molecule is [c]1ccc([Se]c2ccccc2)cc1. The van der Waals surface area contributed by atoms with Crippen LogP contribution in [0.15, 0.2) is 54.6 Å². The first-order valence-corrected chi connectivity index (χ1v) is 5.85. The Morgan fingerprint density at radius 2 is 1.38 bits per heavy atom. The second kappa shape index (κ2) is 4.27. The van der Waals surface area contributed by atoms with Crippen LogP contribution in [0.1, 0.15) is 0 Å². The first kappa shape index (κ1) is 8.55. The summed E-state index contributed by atoms with van der Waals surface area (Å²) in [6.07, 6.45) is 0. The van der Waals surface area contributed by atoms with Crippen LogP contribution in [0.3, 0.4) is 0 Å². The van der Waals surface area contributed by atoms with Gasteiger partial charge in [-0.1, -0.05) is 0 Å². The Morgan fingerprint density at radius 3 is 2.08 bits per heavy atom. The topological polar surface area (TPSA) is 0 Å². The maximum absolute atomic E-state index is 3.03. The molecular weight excluding hydrogens is 223 g/mol. The van der Waals surface area contributed by atoms with E-state index < -0.39 is 0 Å². The minimum absolute atomic E-state index is 0.441. The van der Waals surface area contributed by atoms with Crippen molar-refractivity contribution in [1.29, 1.82) is 0 Å². The van der Waals surface area contributed by atoms with Crippen molar-refractivity contribution < 1.29 is 0 Å². The summed E-state index contributed by atoms with van der Waals surface area (Å²) >= 11 is 0.441. The fourth-order valence-corrected chi connectivity index (χ4v) is 2.82. The van der Waals surface area contributed by atoms with Crippen LogP contribution in [-0.4, -0.2) is 15.0 Å². The number of benzene rings is 2. The molecule has 0 atom stereocenters. The zero-order valence-corrected chi connectivity index (χ0v) is 8.82. The van der Waals surface area contributed by atoms with Gasteiger partial charge in [-0.2, -0.15) is 0 Å². The van der Waals surface area contributed by atoms with Gasteiger partial charge in [0.1, 0.15) is 0 Å². The van der Waals surface area contributed by atoms with Crippen LogP contribution >= 0.6 is 0 Å². The van der Waals surface area contributed by atoms with E-state index in [4.69, 9.17) is 0 Å². The zero-order valence-electron chi connectivity index (χ0n) is 7.10. The summed E-state index contributed by atoms with van der Waals surface area (Å²) in [7, 11) is 0. The molecule has 0 amide bonds.